The van der Waals surface area contributed by atoms with Crippen LogP contribution in [0.15, 0.2) is 46.8 Å². The number of nitrogens with two attached hydrogens (primary N) is 1. The van der Waals surface area contributed by atoms with Crippen LogP contribution in [0.3, 0.4) is 0 Å². The normalized spacial score (nSPS) is 15.9. The van der Waals surface area contributed by atoms with Gasteiger partial charge < -0.3 is 25.3 Å². The first kappa shape index (κ1) is 30.9. The van der Waals surface area contributed by atoms with Gasteiger partial charge in [0.05, 0.1) is 42.3 Å². The number of rotatable bonds is 11. The zero-order chi connectivity index (χ0) is 26.1. The summed E-state index contributed by atoms with van der Waals surface area (Å²) in [6, 6.07) is 4.85. The second-order valence-electron chi connectivity index (χ2n) is 7.43. The SMILES string of the molecule is CCOC(=O)C1=C(CSCC(N)C(=O)OCC)NC(C)=C(C(=O)OC)C1c1cccc([N+](=O)[O-])c1.Cl. The average Bonchev–Trinajstić information content (AvgIpc) is 2.83. The molecule has 0 radical (unpaired) electrons. The minimum atomic E-state index is -0.975. The number of non-ortho nitro benzene ring substituents is 1. The number of ether oxygens (including phenoxy) is 3. The van der Waals surface area contributed by atoms with E-state index in [1.807, 2.05) is 0 Å². The van der Waals surface area contributed by atoms with Gasteiger partial charge >= 0.3 is 17.9 Å². The van der Waals surface area contributed by atoms with Gasteiger partial charge in [-0.05, 0) is 26.3 Å². The minimum absolute atomic E-state index is 0. The molecule has 0 spiro atoms. The van der Waals surface area contributed by atoms with Gasteiger partial charge in [-0.25, -0.2) is 9.59 Å². The lowest BCUT2D eigenvalue weighted by Gasteiger charge is -2.31. The summed E-state index contributed by atoms with van der Waals surface area (Å²) in [7, 11) is 1.21. The van der Waals surface area contributed by atoms with Crippen molar-refractivity contribution in [1.82, 2.24) is 5.32 Å². The summed E-state index contributed by atoms with van der Waals surface area (Å²) in [5.74, 6) is -2.45. The third-order valence-corrected chi connectivity index (χ3v) is 6.18. The predicted octanol–water partition coefficient (Wildman–Crippen LogP) is 2.59. The number of hydrogen-bond donors (Lipinski definition) is 2. The van der Waals surface area contributed by atoms with Gasteiger partial charge in [0.2, 0.25) is 0 Å². The molecule has 0 saturated carbocycles. The lowest BCUT2D eigenvalue weighted by Crippen LogP contribution is -2.36. The van der Waals surface area contributed by atoms with Gasteiger partial charge in [-0.15, -0.1) is 12.4 Å². The molecule has 1 aliphatic rings. The second kappa shape index (κ2) is 14.5. The van der Waals surface area contributed by atoms with Crippen molar-refractivity contribution in [2.24, 2.45) is 5.73 Å². The van der Waals surface area contributed by atoms with Gasteiger partial charge in [0.25, 0.3) is 5.69 Å². The minimum Gasteiger partial charge on any atom is -0.466 e. The first-order valence-corrected chi connectivity index (χ1v) is 12.0. The Labute approximate surface area is 219 Å². The fourth-order valence-electron chi connectivity index (χ4n) is 3.60. The summed E-state index contributed by atoms with van der Waals surface area (Å²) >= 11 is 1.28. The van der Waals surface area contributed by atoms with Crippen molar-refractivity contribution in [1.29, 1.82) is 0 Å². The summed E-state index contributed by atoms with van der Waals surface area (Å²) in [6.45, 7) is 5.26. The predicted molar refractivity (Wildman–Crippen MR) is 137 cm³/mol. The van der Waals surface area contributed by atoms with Crippen molar-refractivity contribution in [2.45, 2.75) is 32.7 Å². The van der Waals surface area contributed by atoms with Crippen LogP contribution in [0.25, 0.3) is 0 Å². The molecule has 11 nitrogen and oxygen atoms in total. The summed E-state index contributed by atoms with van der Waals surface area (Å²) in [4.78, 5) is 48.6. The quantitative estimate of drug-likeness (QED) is 0.183. The molecule has 2 atom stereocenters. The van der Waals surface area contributed by atoms with Crippen molar-refractivity contribution in [2.75, 3.05) is 31.8 Å². The summed E-state index contributed by atoms with van der Waals surface area (Å²) in [5, 5.41) is 14.5. The van der Waals surface area contributed by atoms with E-state index in [2.05, 4.69) is 5.32 Å². The van der Waals surface area contributed by atoms with E-state index in [-0.39, 0.29) is 54.0 Å². The van der Waals surface area contributed by atoms with Crippen LogP contribution in [0.4, 0.5) is 5.69 Å². The second-order valence-corrected chi connectivity index (χ2v) is 8.46. The Morgan fingerprint density at radius 2 is 1.83 bits per heavy atom. The molecule has 2 rings (SSSR count). The van der Waals surface area contributed by atoms with Crippen LogP contribution in [-0.2, 0) is 28.6 Å². The number of thioether (sulfide) groups is 1. The third kappa shape index (κ3) is 7.45. The van der Waals surface area contributed by atoms with E-state index >= 15 is 0 Å². The van der Waals surface area contributed by atoms with E-state index in [1.54, 1.807) is 26.8 Å². The highest BCUT2D eigenvalue weighted by molar-refractivity contribution is 7.99. The van der Waals surface area contributed by atoms with Gasteiger partial charge in [0.15, 0.2) is 0 Å². The van der Waals surface area contributed by atoms with Crippen LogP contribution < -0.4 is 11.1 Å². The molecular weight excluding hydrogens is 514 g/mol. The maximum atomic E-state index is 13.1. The fraction of sp³-hybridized carbons (Fsp3) is 0.435. The standard InChI is InChI=1S/C23H29N3O8S.ClH/c1-5-33-21(27)16(24)11-35-12-17-20(23(29)34-6-2)19(18(13(3)25-17)22(28)32-4)14-8-7-9-15(10-14)26(30)31;/h7-10,16,19,25H,5-6,11-12,24H2,1-4H3;1H. The van der Waals surface area contributed by atoms with Gasteiger partial charge in [-0.1, -0.05) is 12.1 Å². The van der Waals surface area contributed by atoms with Crippen molar-refractivity contribution < 1.29 is 33.5 Å². The molecule has 0 aromatic heterocycles. The van der Waals surface area contributed by atoms with Crippen molar-refractivity contribution in [3.05, 3.63) is 62.5 Å². The fourth-order valence-corrected chi connectivity index (χ4v) is 4.54. The number of methoxy groups -OCH3 is 1. The average molecular weight is 544 g/mol. The first-order chi connectivity index (χ1) is 16.7. The van der Waals surface area contributed by atoms with E-state index in [4.69, 9.17) is 19.9 Å². The Balaban J connectivity index is 0.00000648. The van der Waals surface area contributed by atoms with E-state index in [1.165, 1.54) is 37.1 Å². The maximum Gasteiger partial charge on any atom is 0.336 e. The number of halogens is 1. The van der Waals surface area contributed by atoms with E-state index in [0.717, 1.165) is 0 Å². The van der Waals surface area contributed by atoms with E-state index in [9.17, 15) is 24.5 Å². The van der Waals surface area contributed by atoms with Crippen LogP contribution in [0.1, 0.15) is 32.3 Å². The maximum absolute atomic E-state index is 13.1. The highest BCUT2D eigenvalue weighted by Gasteiger charge is 2.39. The Kier molecular flexibility index (Phi) is 12.4. The molecule has 36 heavy (non-hydrogen) atoms. The van der Waals surface area contributed by atoms with E-state index < -0.39 is 34.8 Å². The largest absolute Gasteiger partial charge is 0.466 e. The van der Waals surface area contributed by atoms with Crippen LogP contribution in [0, 0.1) is 10.1 Å². The van der Waals surface area contributed by atoms with Crippen LogP contribution in [0.2, 0.25) is 0 Å². The lowest BCUT2D eigenvalue weighted by molar-refractivity contribution is -0.384. The highest BCUT2D eigenvalue weighted by Crippen LogP contribution is 2.40. The topological polar surface area (TPSA) is 160 Å². The zero-order valence-corrected chi connectivity index (χ0v) is 22.0. The Bertz CT molecular complexity index is 1060. The van der Waals surface area contributed by atoms with Gasteiger partial charge in [-0.3, -0.25) is 14.9 Å². The molecular formula is C23H30ClN3O8S. The molecule has 1 aromatic carbocycles. The Morgan fingerprint density at radius 3 is 2.42 bits per heavy atom. The van der Waals surface area contributed by atoms with Crippen LogP contribution in [0.5, 0.6) is 0 Å². The number of nitro groups is 1. The van der Waals surface area contributed by atoms with Crippen LogP contribution >= 0.6 is 24.2 Å². The number of carbonyl (C=O) groups is 3. The summed E-state index contributed by atoms with van der Waals surface area (Å²) < 4.78 is 15.2. The number of hydrogen-bond acceptors (Lipinski definition) is 11. The number of esters is 3. The number of carbonyl (C=O) groups excluding carboxylic acids is 3. The Hall–Kier alpha value is -3.09. The molecule has 3 N–H and O–H groups in total. The van der Waals surface area contributed by atoms with Crippen molar-refractivity contribution in [3.63, 3.8) is 0 Å². The summed E-state index contributed by atoms with van der Waals surface area (Å²) in [6.07, 6.45) is 0. The molecule has 0 bridgehead atoms. The molecule has 0 fully saturated rings. The molecule has 0 saturated heterocycles. The molecule has 0 aliphatic carbocycles. The molecule has 2 unspecified atom stereocenters. The third-order valence-electron chi connectivity index (χ3n) is 5.09. The Morgan fingerprint density at radius 1 is 1.17 bits per heavy atom. The monoisotopic (exact) mass is 543 g/mol. The number of benzene rings is 1. The molecule has 1 heterocycles. The van der Waals surface area contributed by atoms with Gasteiger partial charge in [0.1, 0.15) is 6.04 Å². The molecule has 1 aromatic rings. The number of nitrogens with zero attached hydrogens (tertiary/aromatic N) is 1. The number of dihydropyridines is 1. The van der Waals surface area contributed by atoms with Gasteiger partial charge in [-0.2, -0.15) is 11.8 Å². The van der Waals surface area contributed by atoms with Crippen molar-refractivity contribution >= 4 is 47.8 Å². The lowest BCUT2D eigenvalue weighted by atomic mass is 9.80. The first-order valence-electron chi connectivity index (χ1n) is 10.9. The molecule has 1 aliphatic heterocycles. The van der Waals surface area contributed by atoms with Gasteiger partial charge in [0, 0.05) is 35.0 Å². The summed E-state index contributed by atoms with van der Waals surface area (Å²) in [5.41, 5.74) is 7.15. The smallest absolute Gasteiger partial charge is 0.336 e. The number of nitrogens with one attached hydrogen (secondary N) is 1. The molecule has 0 amide bonds. The molecule has 13 heteroatoms. The van der Waals surface area contributed by atoms with Crippen LogP contribution in [-0.4, -0.2) is 60.7 Å². The zero-order valence-electron chi connectivity index (χ0n) is 20.4. The molecule has 198 valence electrons. The number of nitro benzene ring substituents is 1. The van der Waals surface area contributed by atoms with Crippen molar-refractivity contribution in [3.8, 4) is 0 Å². The number of allylic oxidation sites excluding steroid dienone is 1. The van der Waals surface area contributed by atoms with E-state index in [0.29, 0.717) is 17.0 Å². The highest BCUT2D eigenvalue weighted by atomic mass is 35.5.